The van der Waals surface area contributed by atoms with Crippen molar-refractivity contribution in [1.29, 1.82) is 0 Å². The average Bonchev–Trinajstić information content (AvgIpc) is 2.75. The molecule has 2 aromatic rings. The van der Waals surface area contributed by atoms with Crippen molar-refractivity contribution in [2.75, 3.05) is 5.32 Å². The van der Waals surface area contributed by atoms with Gasteiger partial charge in [-0.2, -0.15) is 0 Å². The molecule has 4 heteroatoms. The Labute approximate surface area is 134 Å². The number of fused-ring (bicyclic) bond motifs is 1. The van der Waals surface area contributed by atoms with Crippen LogP contribution in [0.25, 0.3) is 0 Å². The molecule has 0 saturated heterocycles. The highest BCUT2D eigenvalue weighted by Gasteiger charge is 2.20. The molecule has 1 amide bonds. The van der Waals surface area contributed by atoms with Crippen molar-refractivity contribution in [3.63, 3.8) is 0 Å². The maximum atomic E-state index is 11.4. The molecule has 102 valence electrons. The largest absolute Gasteiger partial charge is 0.326 e. The molecule has 1 heterocycles. The van der Waals surface area contributed by atoms with Gasteiger partial charge in [0.25, 0.3) is 0 Å². The van der Waals surface area contributed by atoms with E-state index in [2.05, 4.69) is 74.4 Å². The molecule has 2 aromatic carbocycles. The van der Waals surface area contributed by atoms with Crippen LogP contribution in [-0.4, -0.2) is 5.91 Å². The lowest BCUT2D eigenvalue weighted by atomic mass is 10.0. The third kappa shape index (κ3) is 2.67. The van der Waals surface area contributed by atoms with Crippen LogP contribution in [0.15, 0.2) is 40.9 Å². The van der Waals surface area contributed by atoms with Crippen molar-refractivity contribution in [3.8, 4) is 0 Å². The molecule has 1 N–H and O–H groups in total. The molecular formula is C16H13Br2NO. The minimum Gasteiger partial charge on any atom is -0.326 e. The maximum Gasteiger partial charge on any atom is 0.228 e. The predicted molar refractivity (Wildman–Crippen MR) is 88.4 cm³/mol. The molecule has 0 bridgehead atoms. The second-order valence-corrected chi connectivity index (χ2v) is 6.90. The van der Waals surface area contributed by atoms with Gasteiger partial charge in [0.05, 0.1) is 11.2 Å². The van der Waals surface area contributed by atoms with E-state index >= 15 is 0 Å². The lowest BCUT2D eigenvalue weighted by molar-refractivity contribution is -0.115. The molecule has 0 saturated carbocycles. The van der Waals surface area contributed by atoms with Crippen molar-refractivity contribution in [2.45, 2.75) is 18.2 Å². The Kier molecular flexibility index (Phi) is 3.69. The normalized spacial score (nSPS) is 14.8. The van der Waals surface area contributed by atoms with Crippen LogP contribution in [-0.2, 0) is 11.2 Å². The topological polar surface area (TPSA) is 29.1 Å². The van der Waals surface area contributed by atoms with E-state index in [4.69, 9.17) is 0 Å². The van der Waals surface area contributed by atoms with E-state index in [-0.39, 0.29) is 10.7 Å². The maximum absolute atomic E-state index is 11.4. The van der Waals surface area contributed by atoms with Gasteiger partial charge in [-0.05, 0) is 47.4 Å². The number of rotatable bonds is 2. The summed E-state index contributed by atoms with van der Waals surface area (Å²) >= 11 is 7.30. The number of hydrogen-bond acceptors (Lipinski definition) is 1. The van der Waals surface area contributed by atoms with Crippen molar-refractivity contribution >= 4 is 43.5 Å². The van der Waals surface area contributed by atoms with Crippen molar-refractivity contribution in [3.05, 3.63) is 63.1 Å². The first-order valence-electron chi connectivity index (χ1n) is 6.37. The fourth-order valence-corrected chi connectivity index (χ4v) is 3.68. The van der Waals surface area contributed by atoms with E-state index in [0.29, 0.717) is 6.42 Å². The molecule has 20 heavy (non-hydrogen) atoms. The third-order valence-electron chi connectivity index (χ3n) is 3.40. The van der Waals surface area contributed by atoms with Gasteiger partial charge >= 0.3 is 0 Å². The fraction of sp³-hybridized carbons (Fsp3) is 0.188. The molecule has 0 radical (unpaired) electrons. The number of nitrogens with one attached hydrogen (secondary N) is 1. The molecule has 1 unspecified atom stereocenters. The Balaban J connectivity index is 1.97. The molecule has 3 rings (SSSR count). The zero-order chi connectivity index (χ0) is 14.3. The van der Waals surface area contributed by atoms with Crippen LogP contribution in [0.4, 0.5) is 5.69 Å². The van der Waals surface area contributed by atoms with Gasteiger partial charge in [0.2, 0.25) is 5.91 Å². The molecule has 1 aliphatic heterocycles. The lowest BCUT2D eigenvalue weighted by Crippen LogP contribution is -2.03. The summed E-state index contributed by atoms with van der Waals surface area (Å²) < 4.78 is 1.08. The standard InChI is InChI=1S/C16H13Br2NO/c1-9-4-12(7-13(17)5-9)16(18)10-2-3-14-11(6-10)8-15(20)19-14/h2-7,16H,8H2,1H3,(H,19,20). The van der Waals surface area contributed by atoms with Crippen molar-refractivity contribution in [2.24, 2.45) is 0 Å². The summed E-state index contributed by atoms with van der Waals surface area (Å²) in [5.41, 5.74) is 5.59. The van der Waals surface area contributed by atoms with Crippen molar-refractivity contribution < 1.29 is 4.79 Å². The first kappa shape index (κ1) is 13.8. The molecule has 0 fully saturated rings. The molecule has 0 spiro atoms. The minimum atomic E-state index is 0.0709. The van der Waals surface area contributed by atoms with Crippen LogP contribution < -0.4 is 5.32 Å². The van der Waals surface area contributed by atoms with Crippen LogP contribution in [0, 0.1) is 6.92 Å². The SMILES string of the molecule is Cc1cc(Br)cc(C(Br)c2ccc3c(c2)CC(=O)N3)c1. The molecule has 2 nitrogen and oxygen atoms in total. The highest BCUT2D eigenvalue weighted by Crippen LogP contribution is 2.35. The molecular weight excluding hydrogens is 382 g/mol. The highest BCUT2D eigenvalue weighted by atomic mass is 79.9. The quantitative estimate of drug-likeness (QED) is 0.732. The Bertz CT molecular complexity index is 677. The van der Waals surface area contributed by atoms with Gasteiger partial charge in [-0.3, -0.25) is 4.79 Å². The summed E-state index contributed by atoms with van der Waals surface area (Å²) in [5.74, 6) is 0.0709. The summed E-state index contributed by atoms with van der Waals surface area (Å²) in [6, 6.07) is 12.5. The van der Waals surface area contributed by atoms with Crippen LogP contribution >= 0.6 is 31.9 Å². The Morgan fingerprint density at radius 1 is 1.15 bits per heavy atom. The van der Waals surface area contributed by atoms with Gasteiger partial charge in [-0.1, -0.05) is 50.1 Å². The number of carbonyl (C=O) groups is 1. The highest BCUT2D eigenvalue weighted by molar-refractivity contribution is 9.10. The zero-order valence-corrected chi connectivity index (χ0v) is 14.1. The number of alkyl halides is 1. The zero-order valence-electron chi connectivity index (χ0n) is 10.9. The monoisotopic (exact) mass is 393 g/mol. The number of amides is 1. The summed E-state index contributed by atoms with van der Waals surface area (Å²) in [6.45, 7) is 2.08. The Hall–Kier alpha value is -1.13. The second kappa shape index (κ2) is 5.34. The van der Waals surface area contributed by atoms with Crippen LogP contribution in [0.3, 0.4) is 0 Å². The van der Waals surface area contributed by atoms with E-state index in [1.165, 1.54) is 11.1 Å². The average molecular weight is 395 g/mol. The molecule has 1 aliphatic rings. The fourth-order valence-electron chi connectivity index (χ4n) is 2.51. The second-order valence-electron chi connectivity index (χ2n) is 5.07. The summed E-state index contributed by atoms with van der Waals surface area (Å²) in [5, 5.41) is 2.86. The Morgan fingerprint density at radius 3 is 2.70 bits per heavy atom. The van der Waals surface area contributed by atoms with Gasteiger partial charge in [-0.15, -0.1) is 0 Å². The predicted octanol–water partition coefficient (Wildman–Crippen LogP) is 4.74. The minimum absolute atomic E-state index is 0.0709. The smallest absolute Gasteiger partial charge is 0.228 e. The number of anilines is 1. The number of hydrogen-bond donors (Lipinski definition) is 1. The van der Waals surface area contributed by atoms with Gasteiger partial charge in [0.1, 0.15) is 0 Å². The molecule has 0 aliphatic carbocycles. The van der Waals surface area contributed by atoms with E-state index in [0.717, 1.165) is 21.3 Å². The number of carbonyl (C=O) groups excluding carboxylic acids is 1. The van der Waals surface area contributed by atoms with Crippen LogP contribution in [0.1, 0.15) is 27.1 Å². The third-order valence-corrected chi connectivity index (χ3v) is 4.92. The van der Waals surface area contributed by atoms with E-state index in [1.54, 1.807) is 0 Å². The van der Waals surface area contributed by atoms with E-state index in [1.807, 2.05) is 6.07 Å². The lowest BCUT2D eigenvalue weighted by Gasteiger charge is -2.13. The summed E-state index contributed by atoms with van der Waals surface area (Å²) in [6.07, 6.45) is 0.473. The molecule has 1 atom stereocenters. The van der Waals surface area contributed by atoms with Gasteiger partial charge < -0.3 is 5.32 Å². The summed E-state index contributed by atoms with van der Waals surface area (Å²) in [7, 11) is 0. The van der Waals surface area contributed by atoms with E-state index in [9.17, 15) is 4.79 Å². The Morgan fingerprint density at radius 2 is 1.95 bits per heavy atom. The van der Waals surface area contributed by atoms with Crippen molar-refractivity contribution in [1.82, 2.24) is 0 Å². The van der Waals surface area contributed by atoms with E-state index < -0.39 is 0 Å². The number of aryl methyl sites for hydroxylation is 1. The van der Waals surface area contributed by atoms with Gasteiger partial charge in [-0.25, -0.2) is 0 Å². The number of halogens is 2. The van der Waals surface area contributed by atoms with Gasteiger partial charge in [0.15, 0.2) is 0 Å². The summed E-state index contributed by atoms with van der Waals surface area (Å²) in [4.78, 5) is 11.5. The number of benzene rings is 2. The first-order chi connectivity index (χ1) is 9.52. The van der Waals surface area contributed by atoms with Crippen LogP contribution in [0.2, 0.25) is 0 Å². The first-order valence-corrected chi connectivity index (χ1v) is 8.07. The van der Waals surface area contributed by atoms with Crippen LogP contribution in [0.5, 0.6) is 0 Å². The molecule has 0 aromatic heterocycles. The van der Waals surface area contributed by atoms with Gasteiger partial charge in [0, 0.05) is 10.2 Å².